The highest BCUT2D eigenvalue weighted by atomic mass is 19.4. The molecule has 3 aromatic rings. The summed E-state index contributed by atoms with van der Waals surface area (Å²) in [5, 5.41) is 0. The Labute approximate surface area is 209 Å². The van der Waals surface area contributed by atoms with Gasteiger partial charge in [-0.1, -0.05) is 42.5 Å². The Morgan fingerprint density at radius 3 is 2.05 bits per heavy atom. The van der Waals surface area contributed by atoms with Crippen LogP contribution in [0.15, 0.2) is 72.8 Å². The second kappa shape index (κ2) is 10.8. The van der Waals surface area contributed by atoms with Crippen LogP contribution >= 0.6 is 0 Å². The molecule has 0 saturated carbocycles. The standard InChI is InChI=1S/C27H24F7NO2/c1-17(20-13-21(26(29,30)31)15-22(14-20)27(32,33)34)37-25-24(19-7-9-23(28)10-8-19)35(11-12-36-25)16-18-5-3-2-4-6-18/h2-10,13-15,17,24-25H,11-12,16H2,1H3/t17-,24-,25-/m0/s1. The van der Waals surface area contributed by atoms with Crippen LogP contribution in [-0.4, -0.2) is 24.3 Å². The number of rotatable bonds is 6. The molecule has 0 aromatic heterocycles. The van der Waals surface area contributed by atoms with Crippen LogP contribution in [0, 0.1) is 5.82 Å². The molecule has 0 unspecified atom stereocenters. The topological polar surface area (TPSA) is 21.7 Å². The van der Waals surface area contributed by atoms with Crippen LogP contribution in [-0.2, 0) is 28.4 Å². The van der Waals surface area contributed by atoms with E-state index in [4.69, 9.17) is 9.47 Å². The molecule has 4 rings (SSSR count). The maximum absolute atomic E-state index is 13.6. The van der Waals surface area contributed by atoms with Gasteiger partial charge in [0.2, 0.25) is 0 Å². The number of hydrogen-bond acceptors (Lipinski definition) is 3. The highest BCUT2D eigenvalue weighted by Gasteiger charge is 2.39. The Bertz CT molecular complexity index is 1150. The number of hydrogen-bond donors (Lipinski definition) is 0. The number of benzene rings is 3. The Hall–Kier alpha value is -2.95. The number of halogens is 7. The van der Waals surface area contributed by atoms with Crippen molar-refractivity contribution in [2.45, 2.75) is 44.3 Å². The smallest absolute Gasteiger partial charge is 0.349 e. The van der Waals surface area contributed by atoms with Crippen molar-refractivity contribution in [3.63, 3.8) is 0 Å². The van der Waals surface area contributed by atoms with Crippen LogP contribution in [0.2, 0.25) is 0 Å². The molecule has 1 aliphatic rings. The zero-order chi connectivity index (χ0) is 26.8. The normalized spacial score (nSPS) is 20.1. The first-order valence-electron chi connectivity index (χ1n) is 11.5. The zero-order valence-corrected chi connectivity index (χ0v) is 19.7. The fourth-order valence-corrected chi connectivity index (χ4v) is 4.32. The van der Waals surface area contributed by atoms with E-state index < -0.39 is 47.7 Å². The van der Waals surface area contributed by atoms with Crippen LogP contribution in [0.1, 0.15) is 46.9 Å². The van der Waals surface area contributed by atoms with Gasteiger partial charge in [0.05, 0.1) is 29.9 Å². The van der Waals surface area contributed by atoms with E-state index in [-0.39, 0.29) is 18.2 Å². The van der Waals surface area contributed by atoms with E-state index in [1.165, 1.54) is 19.1 Å². The lowest BCUT2D eigenvalue weighted by atomic mass is 10.00. The van der Waals surface area contributed by atoms with Crippen LogP contribution < -0.4 is 0 Å². The van der Waals surface area contributed by atoms with E-state index in [1.54, 1.807) is 12.1 Å². The van der Waals surface area contributed by atoms with Crippen molar-refractivity contribution >= 4 is 0 Å². The highest BCUT2D eigenvalue weighted by Crippen LogP contribution is 2.40. The summed E-state index contributed by atoms with van der Waals surface area (Å²) in [4.78, 5) is 2.02. The predicted molar refractivity (Wildman–Crippen MR) is 122 cm³/mol. The molecule has 1 heterocycles. The third-order valence-corrected chi connectivity index (χ3v) is 6.17. The first kappa shape index (κ1) is 27.1. The van der Waals surface area contributed by atoms with E-state index in [0.717, 1.165) is 5.56 Å². The van der Waals surface area contributed by atoms with Gasteiger partial charge in [-0.05, 0) is 53.9 Å². The summed E-state index contributed by atoms with van der Waals surface area (Å²) in [6, 6.07) is 15.9. The minimum atomic E-state index is -4.97. The largest absolute Gasteiger partial charge is 0.416 e. The van der Waals surface area contributed by atoms with Gasteiger partial charge in [-0.25, -0.2) is 4.39 Å². The van der Waals surface area contributed by atoms with Gasteiger partial charge in [-0.15, -0.1) is 0 Å². The lowest BCUT2D eigenvalue weighted by molar-refractivity contribution is -0.231. The molecule has 198 valence electrons. The number of morpholine rings is 1. The average molecular weight is 527 g/mol. The van der Waals surface area contributed by atoms with Crippen molar-refractivity contribution in [2.24, 2.45) is 0 Å². The molecule has 3 atom stereocenters. The summed E-state index contributed by atoms with van der Waals surface area (Å²) in [6.45, 7) is 2.55. The SMILES string of the molecule is C[C@H](O[C@@H]1OCCN(Cc2ccccc2)[C@H]1c1ccc(F)cc1)c1cc(C(F)(F)F)cc(C(F)(F)F)c1. The summed E-state index contributed by atoms with van der Waals surface area (Å²) in [5.74, 6) is -0.454. The quantitative estimate of drug-likeness (QED) is 0.309. The third-order valence-electron chi connectivity index (χ3n) is 6.17. The van der Waals surface area contributed by atoms with Gasteiger partial charge in [-0.2, -0.15) is 26.3 Å². The molecule has 0 spiro atoms. The van der Waals surface area contributed by atoms with Crippen molar-refractivity contribution in [1.29, 1.82) is 0 Å². The number of nitrogens with zero attached hydrogens (tertiary/aromatic N) is 1. The molecule has 0 amide bonds. The first-order valence-corrected chi connectivity index (χ1v) is 11.5. The molecule has 1 saturated heterocycles. The predicted octanol–water partition coefficient (Wildman–Crippen LogP) is 7.54. The first-order chi connectivity index (χ1) is 17.4. The molecular weight excluding hydrogens is 503 g/mol. The Morgan fingerprint density at radius 2 is 1.49 bits per heavy atom. The minimum Gasteiger partial charge on any atom is -0.349 e. The molecule has 0 N–H and O–H groups in total. The summed E-state index contributed by atoms with van der Waals surface area (Å²) in [6.07, 6.45) is -12.2. The molecule has 0 radical (unpaired) electrons. The van der Waals surface area contributed by atoms with Crippen LogP contribution in [0.5, 0.6) is 0 Å². The molecule has 37 heavy (non-hydrogen) atoms. The van der Waals surface area contributed by atoms with Gasteiger partial charge in [0.15, 0.2) is 6.29 Å². The maximum atomic E-state index is 13.6. The lowest BCUT2D eigenvalue weighted by Gasteiger charge is -2.42. The second-order valence-corrected chi connectivity index (χ2v) is 8.81. The van der Waals surface area contributed by atoms with Gasteiger partial charge in [0.25, 0.3) is 0 Å². The van der Waals surface area contributed by atoms with E-state index in [0.29, 0.717) is 30.8 Å². The van der Waals surface area contributed by atoms with Crippen molar-refractivity contribution < 1.29 is 40.2 Å². The minimum absolute atomic E-state index is 0.0796. The van der Waals surface area contributed by atoms with Crippen LogP contribution in [0.3, 0.4) is 0 Å². The van der Waals surface area contributed by atoms with Gasteiger partial charge < -0.3 is 9.47 Å². The highest BCUT2D eigenvalue weighted by molar-refractivity contribution is 5.35. The van der Waals surface area contributed by atoms with Crippen LogP contribution in [0.25, 0.3) is 0 Å². The number of ether oxygens (including phenoxy) is 2. The fraction of sp³-hybridized carbons (Fsp3) is 0.333. The Morgan fingerprint density at radius 1 is 0.892 bits per heavy atom. The molecule has 0 bridgehead atoms. The molecule has 1 fully saturated rings. The number of alkyl halides is 6. The molecular formula is C27H24F7NO2. The lowest BCUT2D eigenvalue weighted by Crippen LogP contribution is -2.46. The molecule has 3 nitrogen and oxygen atoms in total. The van der Waals surface area contributed by atoms with Gasteiger partial charge in [0.1, 0.15) is 5.82 Å². The molecule has 1 aliphatic heterocycles. The molecule has 0 aliphatic carbocycles. The Kier molecular flexibility index (Phi) is 7.91. The van der Waals surface area contributed by atoms with Gasteiger partial charge >= 0.3 is 12.4 Å². The summed E-state index contributed by atoms with van der Waals surface area (Å²) >= 11 is 0. The van der Waals surface area contributed by atoms with E-state index in [1.807, 2.05) is 35.2 Å². The van der Waals surface area contributed by atoms with Crippen molar-refractivity contribution in [1.82, 2.24) is 4.90 Å². The van der Waals surface area contributed by atoms with Crippen molar-refractivity contribution in [3.8, 4) is 0 Å². The second-order valence-electron chi connectivity index (χ2n) is 8.81. The van der Waals surface area contributed by atoms with Gasteiger partial charge in [0, 0.05) is 13.1 Å². The maximum Gasteiger partial charge on any atom is 0.416 e. The van der Waals surface area contributed by atoms with Crippen molar-refractivity contribution in [2.75, 3.05) is 13.2 Å². The molecule has 3 aromatic carbocycles. The third kappa shape index (κ3) is 6.68. The summed E-state index contributed by atoms with van der Waals surface area (Å²) in [7, 11) is 0. The van der Waals surface area contributed by atoms with Crippen LogP contribution in [0.4, 0.5) is 30.7 Å². The van der Waals surface area contributed by atoms with E-state index >= 15 is 0 Å². The van der Waals surface area contributed by atoms with Crippen molar-refractivity contribution in [3.05, 3.63) is 106 Å². The zero-order valence-electron chi connectivity index (χ0n) is 19.7. The fourth-order valence-electron chi connectivity index (χ4n) is 4.32. The average Bonchev–Trinajstić information content (AvgIpc) is 2.84. The van der Waals surface area contributed by atoms with E-state index in [9.17, 15) is 30.7 Å². The van der Waals surface area contributed by atoms with Gasteiger partial charge in [-0.3, -0.25) is 4.90 Å². The van der Waals surface area contributed by atoms with E-state index in [2.05, 4.69) is 0 Å². The summed E-state index contributed by atoms with van der Waals surface area (Å²) in [5.41, 5.74) is -1.51. The summed E-state index contributed by atoms with van der Waals surface area (Å²) < 4.78 is 106. The monoisotopic (exact) mass is 527 g/mol. The molecule has 10 heteroatoms. The Balaban J connectivity index is 1.66.